The third-order valence-electron chi connectivity index (χ3n) is 6.18. The zero-order valence-electron chi connectivity index (χ0n) is 18.8. The number of hydrogen-bond donors (Lipinski definition) is 0. The molecule has 2 aliphatic rings. The van der Waals surface area contributed by atoms with Gasteiger partial charge in [0, 0.05) is 49.1 Å². The maximum atomic E-state index is 12.9. The van der Waals surface area contributed by atoms with Crippen molar-refractivity contribution in [2.45, 2.75) is 32.4 Å². The molecule has 0 aliphatic carbocycles. The lowest BCUT2D eigenvalue weighted by atomic mass is 9.97. The van der Waals surface area contributed by atoms with Gasteiger partial charge in [-0.3, -0.25) is 9.69 Å². The van der Waals surface area contributed by atoms with Crippen LogP contribution in [-0.2, 0) is 17.4 Å². The molecule has 1 saturated heterocycles. The topological polar surface area (TPSA) is 75.1 Å². The van der Waals surface area contributed by atoms with Crippen LogP contribution < -0.4 is 9.80 Å². The fraction of sp³-hybridized carbons (Fsp3) is 0.375. The number of fused-ring (bicyclic) bond motifs is 1. The molecule has 2 aliphatic heterocycles. The molecule has 4 heterocycles. The summed E-state index contributed by atoms with van der Waals surface area (Å²) in [6, 6.07) is 8.82. The van der Waals surface area contributed by atoms with Crippen molar-refractivity contribution in [3.63, 3.8) is 0 Å². The van der Waals surface area contributed by atoms with Crippen LogP contribution in [0.15, 0.2) is 42.7 Å². The number of alkyl halides is 3. The molecule has 0 radical (unpaired) electrons. The third kappa shape index (κ3) is 4.08. The van der Waals surface area contributed by atoms with Gasteiger partial charge in [0.2, 0.25) is 11.9 Å². The molecule has 176 valence electrons. The summed E-state index contributed by atoms with van der Waals surface area (Å²) in [5.41, 5.74) is 1.90. The van der Waals surface area contributed by atoms with Crippen molar-refractivity contribution in [1.82, 2.24) is 19.9 Å². The summed E-state index contributed by atoms with van der Waals surface area (Å²) < 4.78 is 38.8. The summed E-state index contributed by atoms with van der Waals surface area (Å²) in [6.07, 6.45) is -1.43. The van der Waals surface area contributed by atoms with Crippen LogP contribution in [0.1, 0.15) is 36.6 Å². The van der Waals surface area contributed by atoms with Crippen LogP contribution in [0.2, 0.25) is 0 Å². The van der Waals surface area contributed by atoms with Crippen molar-refractivity contribution < 1.29 is 18.0 Å². The van der Waals surface area contributed by atoms with Crippen molar-refractivity contribution in [1.29, 1.82) is 0 Å². The monoisotopic (exact) mass is 468 g/mol. The Labute approximate surface area is 194 Å². The van der Waals surface area contributed by atoms with E-state index in [1.807, 2.05) is 18.2 Å². The van der Waals surface area contributed by atoms with Crippen LogP contribution in [-0.4, -0.2) is 45.5 Å². The van der Waals surface area contributed by atoms with Gasteiger partial charge < -0.3 is 4.90 Å². The first kappa shape index (κ1) is 22.2. The SMILES string of the molecule is CC(C)c1ccccc1-c1ncc2c(n1)N(CC1CN(c3nccc(C(F)(F)F)n3)C1)C(=O)C2. The molecular weight excluding hydrogens is 445 g/mol. The van der Waals surface area contributed by atoms with Gasteiger partial charge in [-0.05, 0) is 17.5 Å². The number of benzene rings is 1. The fourth-order valence-electron chi connectivity index (χ4n) is 4.42. The number of rotatable bonds is 5. The van der Waals surface area contributed by atoms with E-state index in [1.165, 1.54) is 0 Å². The minimum absolute atomic E-state index is 0.0487. The normalized spacial score (nSPS) is 16.2. The molecule has 3 aromatic rings. The maximum absolute atomic E-state index is 12.9. The van der Waals surface area contributed by atoms with E-state index in [0.29, 0.717) is 37.2 Å². The molecular formula is C24H23F3N6O. The average molecular weight is 468 g/mol. The third-order valence-corrected chi connectivity index (χ3v) is 6.18. The van der Waals surface area contributed by atoms with Crippen LogP contribution in [0.4, 0.5) is 24.9 Å². The highest BCUT2D eigenvalue weighted by atomic mass is 19.4. The summed E-state index contributed by atoms with van der Waals surface area (Å²) in [5.74, 6) is 1.57. The highest BCUT2D eigenvalue weighted by Gasteiger charge is 2.38. The van der Waals surface area contributed by atoms with Crippen molar-refractivity contribution >= 4 is 17.7 Å². The standard InChI is InChI=1S/C24H23F3N6O/c1-14(2)17-5-3-4-6-18(17)21-29-10-16-9-20(34)33(22(16)31-21)13-15-11-32(12-15)23-28-8-7-19(30-23)24(25,26)27/h3-8,10,14-15H,9,11-13H2,1-2H3. The molecule has 2 aromatic heterocycles. The van der Waals surface area contributed by atoms with E-state index in [2.05, 4.69) is 34.9 Å². The molecule has 1 amide bonds. The first-order chi connectivity index (χ1) is 16.2. The molecule has 1 fully saturated rings. The number of anilines is 2. The largest absolute Gasteiger partial charge is 0.433 e. The van der Waals surface area contributed by atoms with Crippen molar-refractivity contribution in [3.8, 4) is 11.4 Å². The first-order valence-electron chi connectivity index (χ1n) is 11.1. The van der Waals surface area contributed by atoms with Crippen LogP contribution >= 0.6 is 0 Å². The predicted molar refractivity (Wildman–Crippen MR) is 120 cm³/mol. The highest BCUT2D eigenvalue weighted by Crippen LogP contribution is 2.34. The Bertz CT molecular complexity index is 1240. The van der Waals surface area contributed by atoms with Gasteiger partial charge >= 0.3 is 6.18 Å². The van der Waals surface area contributed by atoms with Crippen LogP contribution in [0, 0.1) is 5.92 Å². The number of hydrogen-bond acceptors (Lipinski definition) is 6. The molecule has 0 N–H and O–H groups in total. The van der Waals surface area contributed by atoms with Gasteiger partial charge in [-0.2, -0.15) is 13.2 Å². The smallest absolute Gasteiger partial charge is 0.340 e. The van der Waals surface area contributed by atoms with E-state index in [1.54, 1.807) is 16.0 Å². The van der Waals surface area contributed by atoms with E-state index < -0.39 is 11.9 Å². The molecule has 0 atom stereocenters. The number of carbonyl (C=O) groups is 1. The molecule has 0 saturated carbocycles. The Hall–Kier alpha value is -3.56. The Morgan fingerprint density at radius 3 is 2.59 bits per heavy atom. The summed E-state index contributed by atoms with van der Waals surface area (Å²) in [7, 11) is 0. The van der Waals surface area contributed by atoms with E-state index in [-0.39, 0.29) is 24.2 Å². The number of aromatic nitrogens is 4. The van der Waals surface area contributed by atoms with Gasteiger partial charge in [0.05, 0.1) is 6.42 Å². The molecule has 34 heavy (non-hydrogen) atoms. The van der Waals surface area contributed by atoms with E-state index in [9.17, 15) is 18.0 Å². The second-order valence-electron chi connectivity index (χ2n) is 8.98. The molecule has 10 heteroatoms. The molecule has 0 bridgehead atoms. The summed E-state index contributed by atoms with van der Waals surface area (Å²) in [5, 5.41) is 0. The summed E-state index contributed by atoms with van der Waals surface area (Å²) >= 11 is 0. The zero-order chi connectivity index (χ0) is 24.0. The van der Waals surface area contributed by atoms with Crippen LogP contribution in [0.25, 0.3) is 11.4 Å². The second-order valence-corrected chi connectivity index (χ2v) is 8.98. The van der Waals surface area contributed by atoms with E-state index in [4.69, 9.17) is 4.98 Å². The number of nitrogens with zero attached hydrogens (tertiary/aromatic N) is 6. The van der Waals surface area contributed by atoms with Gasteiger partial charge in [-0.25, -0.2) is 19.9 Å². The molecule has 0 spiro atoms. The first-order valence-corrected chi connectivity index (χ1v) is 11.1. The molecule has 5 rings (SSSR count). The van der Waals surface area contributed by atoms with E-state index in [0.717, 1.165) is 29.0 Å². The lowest BCUT2D eigenvalue weighted by Gasteiger charge is -2.40. The fourth-order valence-corrected chi connectivity index (χ4v) is 4.42. The predicted octanol–water partition coefficient (Wildman–Crippen LogP) is 4.10. The maximum Gasteiger partial charge on any atom is 0.433 e. The van der Waals surface area contributed by atoms with Crippen LogP contribution in [0.3, 0.4) is 0 Å². The van der Waals surface area contributed by atoms with E-state index >= 15 is 0 Å². The Morgan fingerprint density at radius 1 is 1.09 bits per heavy atom. The lowest BCUT2D eigenvalue weighted by molar-refractivity contribution is -0.141. The van der Waals surface area contributed by atoms with Gasteiger partial charge in [0.15, 0.2) is 5.82 Å². The summed E-state index contributed by atoms with van der Waals surface area (Å²) in [4.78, 5) is 33.0. The van der Waals surface area contributed by atoms with Gasteiger partial charge in [-0.15, -0.1) is 0 Å². The summed E-state index contributed by atoms with van der Waals surface area (Å²) in [6.45, 7) is 5.59. The Morgan fingerprint density at radius 2 is 1.85 bits per heavy atom. The number of carbonyl (C=O) groups excluding carboxylic acids is 1. The quantitative estimate of drug-likeness (QED) is 0.561. The van der Waals surface area contributed by atoms with Gasteiger partial charge in [0.25, 0.3) is 0 Å². The van der Waals surface area contributed by atoms with Crippen LogP contribution in [0.5, 0.6) is 0 Å². The van der Waals surface area contributed by atoms with Gasteiger partial charge in [-0.1, -0.05) is 38.1 Å². The Balaban J connectivity index is 1.32. The van der Waals surface area contributed by atoms with Crippen molar-refractivity contribution in [2.24, 2.45) is 5.92 Å². The molecule has 0 unspecified atom stereocenters. The minimum atomic E-state index is -4.51. The second kappa shape index (κ2) is 8.34. The zero-order valence-corrected chi connectivity index (χ0v) is 18.8. The number of amides is 1. The molecule has 7 nitrogen and oxygen atoms in total. The average Bonchev–Trinajstić information content (AvgIpc) is 3.09. The van der Waals surface area contributed by atoms with Crippen molar-refractivity contribution in [3.05, 3.63) is 59.5 Å². The Kier molecular flexibility index (Phi) is 5.45. The lowest BCUT2D eigenvalue weighted by Crippen LogP contribution is -2.53. The van der Waals surface area contributed by atoms with Crippen molar-refractivity contribution in [2.75, 3.05) is 29.4 Å². The molecule has 1 aromatic carbocycles. The minimum Gasteiger partial charge on any atom is -0.340 e. The highest BCUT2D eigenvalue weighted by molar-refractivity contribution is 6.00. The number of halogens is 3. The van der Waals surface area contributed by atoms with Gasteiger partial charge in [0.1, 0.15) is 11.5 Å².